The first-order chi connectivity index (χ1) is 7.83. The molecule has 0 atom stereocenters. The minimum Gasteiger partial charge on any atom is -0.335 e. The highest BCUT2D eigenvalue weighted by molar-refractivity contribution is 7.12. The van der Waals surface area contributed by atoms with Crippen LogP contribution < -0.4 is 5.32 Å². The summed E-state index contributed by atoms with van der Waals surface area (Å²) in [6.07, 6.45) is 2.15. The number of hydrogen-bond acceptors (Lipinski definition) is 3. The molecule has 0 spiro atoms. The van der Waals surface area contributed by atoms with E-state index in [-0.39, 0.29) is 5.91 Å². The van der Waals surface area contributed by atoms with Crippen LogP contribution in [-0.2, 0) is 0 Å². The van der Waals surface area contributed by atoms with Gasteiger partial charge in [0.15, 0.2) is 0 Å². The van der Waals surface area contributed by atoms with Crippen molar-refractivity contribution in [1.29, 1.82) is 0 Å². The summed E-state index contributed by atoms with van der Waals surface area (Å²) in [5, 5.41) is 5.29. The lowest BCUT2D eigenvalue weighted by Crippen LogP contribution is -2.45. The second kappa shape index (κ2) is 5.46. The highest BCUT2D eigenvalue weighted by atomic mass is 32.1. The minimum absolute atomic E-state index is 0.199. The zero-order valence-electron chi connectivity index (χ0n) is 9.61. The Hall–Kier alpha value is -0.870. The van der Waals surface area contributed by atoms with Crippen LogP contribution in [0.2, 0.25) is 0 Å². The molecule has 0 saturated carbocycles. The number of piperidine rings is 1. The average Bonchev–Trinajstić information content (AvgIpc) is 2.85. The predicted octanol–water partition coefficient (Wildman–Crippen LogP) is 1.96. The number of rotatable bonds is 3. The Morgan fingerprint density at radius 2 is 2.31 bits per heavy atom. The molecule has 2 rings (SSSR count). The highest BCUT2D eigenvalue weighted by Crippen LogP contribution is 2.18. The van der Waals surface area contributed by atoms with Gasteiger partial charge in [-0.2, -0.15) is 0 Å². The van der Waals surface area contributed by atoms with Gasteiger partial charge in [-0.1, -0.05) is 6.07 Å². The van der Waals surface area contributed by atoms with E-state index in [1.54, 1.807) is 0 Å². The molecule has 1 saturated heterocycles. The minimum atomic E-state index is 0.199. The molecule has 1 aromatic heterocycles. The number of carbonyl (C=O) groups excluding carboxylic acids is 1. The normalized spacial score (nSPS) is 17.3. The molecule has 1 aliphatic heterocycles. The van der Waals surface area contributed by atoms with Crippen LogP contribution in [0.5, 0.6) is 0 Å². The summed E-state index contributed by atoms with van der Waals surface area (Å²) in [5.74, 6) is 0.199. The van der Waals surface area contributed by atoms with Crippen molar-refractivity contribution in [3.05, 3.63) is 22.4 Å². The largest absolute Gasteiger partial charge is 0.335 e. The summed E-state index contributed by atoms with van der Waals surface area (Å²) in [4.78, 5) is 15.1. The van der Waals surface area contributed by atoms with Crippen LogP contribution in [0.3, 0.4) is 0 Å². The average molecular weight is 238 g/mol. The standard InChI is InChI=1S/C12H18N2OS/c1-2-14(10-5-7-13-8-6-10)12(15)11-4-3-9-16-11/h3-4,9-10,13H,2,5-8H2,1H3. The molecule has 4 heteroatoms. The third-order valence-electron chi connectivity index (χ3n) is 3.08. The van der Waals surface area contributed by atoms with E-state index in [4.69, 9.17) is 0 Å². The highest BCUT2D eigenvalue weighted by Gasteiger charge is 2.25. The predicted molar refractivity (Wildman–Crippen MR) is 66.9 cm³/mol. The van der Waals surface area contributed by atoms with Crippen molar-refractivity contribution < 1.29 is 4.79 Å². The first-order valence-corrected chi connectivity index (χ1v) is 6.76. The summed E-state index contributed by atoms with van der Waals surface area (Å²) in [6.45, 7) is 4.92. The topological polar surface area (TPSA) is 32.3 Å². The van der Waals surface area contributed by atoms with E-state index in [1.165, 1.54) is 11.3 Å². The molecular formula is C12H18N2OS. The Labute approximate surface area is 100 Å². The van der Waals surface area contributed by atoms with Crippen molar-refractivity contribution >= 4 is 17.2 Å². The van der Waals surface area contributed by atoms with Crippen molar-refractivity contribution in [2.45, 2.75) is 25.8 Å². The first kappa shape index (κ1) is 11.6. The van der Waals surface area contributed by atoms with Gasteiger partial charge in [0.2, 0.25) is 0 Å². The van der Waals surface area contributed by atoms with Crippen molar-refractivity contribution in [2.24, 2.45) is 0 Å². The molecule has 0 aliphatic carbocycles. The molecule has 2 heterocycles. The van der Waals surface area contributed by atoms with Crippen LogP contribution in [0, 0.1) is 0 Å². The lowest BCUT2D eigenvalue weighted by Gasteiger charge is -2.33. The van der Waals surface area contributed by atoms with Gasteiger partial charge in [-0.3, -0.25) is 4.79 Å². The van der Waals surface area contributed by atoms with E-state index < -0.39 is 0 Å². The molecule has 88 valence electrons. The van der Waals surface area contributed by atoms with Gasteiger partial charge in [0.05, 0.1) is 4.88 Å². The van der Waals surface area contributed by atoms with Gasteiger partial charge in [-0.15, -0.1) is 11.3 Å². The molecule has 16 heavy (non-hydrogen) atoms. The van der Waals surface area contributed by atoms with Gasteiger partial charge in [-0.05, 0) is 44.3 Å². The monoisotopic (exact) mass is 238 g/mol. The Balaban J connectivity index is 2.06. The van der Waals surface area contributed by atoms with Gasteiger partial charge in [0.25, 0.3) is 5.91 Å². The SMILES string of the molecule is CCN(C(=O)c1cccs1)C1CCNCC1. The summed E-state index contributed by atoms with van der Waals surface area (Å²) in [7, 11) is 0. The summed E-state index contributed by atoms with van der Waals surface area (Å²) >= 11 is 1.53. The fourth-order valence-electron chi connectivity index (χ4n) is 2.23. The zero-order valence-corrected chi connectivity index (χ0v) is 10.4. The Kier molecular flexibility index (Phi) is 3.96. The van der Waals surface area contributed by atoms with Gasteiger partial charge in [-0.25, -0.2) is 0 Å². The number of hydrogen-bond donors (Lipinski definition) is 1. The van der Waals surface area contributed by atoms with E-state index in [0.29, 0.717) is 6.04 Å². The van der Waals surface area contributed by atoms with Crippen LogP contribution in [0.15, 0.2) is 17.5 Å². The van der Waals surface area contributed by atoms with Gasteiger partial charge < -0.3 is 10.2 Å². The summed E-state index contributed by atoms with van der Waals surface area (Å²) < 4.78 is 0. The van der Waals surface area contributed by atoms with E-state index in [0.717, 1.165) is 37.4 Å². The third-order valence-corrected chi connectivity index (χ3v) is 3.94. The Bertz CT molecular complexity index is 331. The second-order valence-electron chi connectivity index (χ2n) is 4.05. The number of amides is 1. The second-order valence-corrected chi connectivity index (χ2v) is 5.00. The van der Waals surface area contributed by atoms with E-state index in [2.05, 4.69) is 12.2 Å². The Morgan fingerprint density at radius 3 is 2.88 bits per heavy atom. The molecule has 0 radical (unpaired) electrons. The molecule has 1 aromatic rings. The van der Waals surface area contributed by atoms with Crippen molar-refractivity contribution in [1.82, 2.24) is 10.2 Å². The maximum atomic E-state index is 12.3. The van der Waals surface area contributed by atoms with Gasteiger partial charge in [0.1, 0.15) is 0 Å². The van der Waals surface area contributed by atoms with E-state index >= 15 is 0 Å². The summed E-state index contributed by atoms with van der Waals surface area (Å²) in [5.41, 5.74) is 0. The maximum Gasteiger partial charge on any atom is 0.264 e. The van der Waals surface area contributed by atoms with Crippen LogP contribution in [0.4, 0.5) is 0 Å². The van der Waals surface area contributed by atoms with Crippen LogP contribution in [0.25, 0.3) is 0 Å². The molecule has 0 bridgehead atoms. The quantitative estimate of drug-likeness (QED) is 0.873. The van der Waals surface area contributed by atoms with E-state index in [9.17, 15) is 4.79 Å². The lowest BCUT2D eigenvalue weighted by molar-refractivity contribution is 0.0661. The number of carbonyl (C=O) groups is 1. The van der Waals surface area contributed by atoms with Gasteiger partial charge >= 0.3 is 0 Å². The number of nitrogens with zero attached hydrogens (tertiary/aromatic N) is 1. The number of thiophene rings is 1. The molecule has 3 nitrogen and oxygen atoms in total. The molecule has 1 fully saturated rings. The summed E-state index contributed by atoms with van der Waals surface area (Å²) in [6, 6.07) is 4.27. The zero-order chi connectivity index (χ0) is 11.4. The van der Waals surface area contributed by atoms with E-state index in [1.807, 2.05) is 22.4 Å². The van der Waals surface area contributed by atoms with Crippen molar-refractivity contribution in [3.8, 4) is 0 Å². The fourth-order valence-corrected chi connectivity index (χ4v) is 2.91. The van der Waals surface area contributed by atoms with Crippen LogP contribution >= 0.6 is 11.3 Å². The van der Waals surface area contributed by atoms with Crippen molar-refractivity contribution in [2.75, 3.05) is 19.6 Å². The molecule has 1 aliphatic rings. The third kappa shape index (κ3) is 2.44. The molecule has 1 N–H and O–H groups in total. The van der Waals surface area contributed by atoms with Crippen LogP contribution in [-0.4, -0.2) is 36.5 Å². The molecule has 0 aromatic carbocycles. The fraction of sp³-hybridized carbons (Fsp3) is 0.583. The maximum absolute atomic E-state index is 12.3. The van der Waals surface area contributed by atoms with Crippen molar-refractivity contribution in [3.63, 3.8) is 0 Å². The first-order valence-electron chi connectivity index (χ1n) is 5.88. The van der Waals surface area contributed by atoms with Crippen LogP contribution in [0.1, 0.15) is 29.4 Å². The van der Waals surface area contributed by atoms with Gasteiger partial charge in [0, 0.05) is 12.6 Å². The smallest absolute Gasteiger partial charge is 0.264 e. The number of nitrogens with one attached hydrogen (secondary N) is 1. The molecular weight excluding hydrogens is 220 g/mol. The molecule has 1 amide bonds. The molecule has 0 unspecified atom stereocenters. The lowest BCUT2D eigenvalue weighted by atomic mass is 10.0. The Morgan fingerprint density at radius 1 is 1.56 bits per heavy atom.